The number of hydrogen-bond acceptors (Lipinski definition) is 4. The van der Waals surface area contributed by atoms with E-state index in [0.29, 0.717) is 21.5 Å². The van der Waals surface area contributed by atoms with Crippen LogP contribution < -0.4 is 0 Å². The number of benzene rings is 1. The maximum absolute atomic E-state index is 13.4. The summed E-state index contributed by atoms with van der Waals surface area (Å²) in [6.45, 7) is 10.5. The van der Waals surface area contributed by atoms with Crippen molar-refractivity contribution in [3.63, 3.8) is 0 Å². The summed E-state index contributed by atoms with van der Waals surface area (Å²) in [5.41, 5.74) is 2.22. The number of aliphatic carboxylic acids is 1. The molecule has 1 atom stereocenters. The molecule has 3 rings (SSSR count). The average molecular weight is 459 g/mol. The minimum Gasteiger partial charge on any atom is -0.481 e. The van der Waals surface area contributed by atoms with Gasteiger partial charge in [-0.15, -0.1) is 0 Å². The summed E-state index contributed by atoms with van der Waals surface area (Å²) in [7, 11) is -1.34. The molecule has 8 heteroatoms. The van der Waals surface area contributed by atoms with Crippen LogP contribution in [0.1, 0.15) is 54.2 Å². The van der Waals surface area contributed by atoms with Gasteiger partial charge in [0, 0.05) is 27.7 Å². The molecule has 0 spiro atoms. The number of carboxylic acid groups (broad SMARTS) is 1. The van der Waals surface area contributed by atoms with Crippen molar-refractivity contribution >= 4 is 43.3 Å². The van der Waals surface area contributed by atoms with Gasteiger partial charge in [-0.2, -0.15) is 0 Å². The summed E-state index contributed by atoms with van der Waals surface area (Å²) in [5.74, 6) is -1.38. The summed E-state index contributed by atoms with van der Waals surface area (Å²) >= 11 is 6.08. The fraction of sp³-hybridized carbons (Fsp3) is 0.348. The van der Waals surface area contributed by atoms with Crippen LogP contribution in [-0.2, 0) is 15.6 Å². The number of fused-ring (bicyclic) bond motifs is 1. The molecule has 0 radical (unpaired) electrons. The molecule has 2 heterocycles. The second kappa shape index (κ2) is 8.94. The van der Waals surface area contributed by atoms with Gasteiger partial charge in [0.05, 0.1) is 18.2 Å². The molecule has 2 N–H and O–H groups in total. The van der Waals surface area contributed by atoms with E-state index in [0.717, 1.165) is 5.56 Å². The van der Waals surface area contributed by atoms with E-state index in [1.54, 1.807) is 30.5 Å². The van der Waals surface area contributed by atoms with Crippen LogP contribution in [0.5, 0.6) is 0 Å². The minimum atomic E-state index is -1.34. The summed E-state index contributed by atoms with van der Waals surface area (Å²) in [5, 5.41) is 10.5. The van der Waals surface area contributed by atoms with Crippen molar-refractivity contribution in [3.05, 3.63) is 64.1 Å². The predicted molar refractivity (Wildman–Crippen MR) is 124 cm³/mol. The molecule has 0 aliphatic heterocycles. The molecule has 0 saturated heterocycles. The molecule has 1 aromatic carbocycles. The topological polar surface area (TPSA) is 92.3 Å². The SMILES string of the molecule is C[SiH](C)OC(c1ccnc(C(=O)c2[nH]c3cc(Cl)ccc3c2CC(=O)O)c1)C(C)(C)C. The van der Waals surface area contributed by atoms with Crippen LogP contribution in [0.4, 0.5) is 0 Å². The van der Waals surface area contributed by atoms with Crippen molar-refractivity contribution in [2.75, 3.05) is 0 Å². The quantitative estimate of drug-likeness (QED) is 0.376. The molecular formula is C23H27ClN2O4Si. The number of rotatable bonds is 7. The Labute approximate surface area is 188 Å². The molecule has 3 aromatic rings. The number of aromatic nitrogens is 2. The Bertz CT molecular complexity index is 1130. The molecule has 6 nitrogen and oxygen atoms in total. The summed E-state index contributed by atoms with van der Waals surface area (Å²) in [6.07, 6.45) is 1.14. The fourth-order valence-corrected chi connectivity index (χ4v) is 4.96. The largest absolute Gasteiger partial charge is 0.481 e. The zero-order valence-corrected chi connectivity index (χ0v) is 20.2. The van der Waals surface area contributed by atoms with Gasteiger partial charge in [-0.25, -0.2) is 0 Å². The third-order valence-electron chi connectivity index (χ3n) is 4.94. The number of nitrogens with zero attached hydrogens (tertiary/aromatic N) is 1. The van der Waals surface area contributed by atoms with Crippen molar-refractivity contribution in [3.8, 4) is 0 Å². The number of nitrogens with one attached hydrogen (secondary N) is 1. The lowest BCUT2D eigenvalue weighted by Gasteiger charge is -2.33. The molecule has 0 bridgehead atoms. The van der Waals surface area contributed by atoms with Crippen LogP contribution in [0.3, 0.4) is 0 Å². The van der Waals surface area contributed by atoms with Gasteiger partial charge in [-0.05, 0) is 48.3 Å². The number of H-pyrrole nitrogens is 1. The van der Waals surface area contributed by atoms with Crippen molar-refractivity contribution in [2.45, 2.75) is 46.4 Å². The molecule has 0 aliphatic carbocycles. The van der Waals surface area contributed by atoms with Gasteiger partial charge in [0.2, 0.25) is 5.78 Å². The predicted octanol–water partition coefficient (Wildman–Crippen LogP) is 5.16. The summed E-state index contributed by atoms with van der Waals surface area (Å²) in [4.78, 5) is 32.2. The molecule has 1 unspecified atom stereocenters. The highest BCUT2D eigenvalue weighted by Crippen LogP contribution is 2.37. The van der Waals surface area contributed by atoms with Crippen molar-refractivity contribution in [1.82, 2.24) is 9.97 Å². The average Bonchev–Trinajstić information content (AvgIpc) is 3.01. The van der Waals surface area contributed by atoms with Crippen molar-refractivity contribution < 1.29 is 19.1 Å². The van der Waals surface area contributed by atoms with E-state index in [2.05, 4.69) is 43.8 Å². The van der Waals surface area contributed by atoms with E-state index in [9.17, 15) is 14.7 Å². The van der Waals surface area contributed by atoms with Crippen LogP contribution in [0, 0.1) is 5.41 Å². The minimum absolute atomic E-state index is 0.161. The standard InChI is InChI=1S/C23H27ClN2O4Si/c1-23(2,3)22(30-31(4)5)13-8-9-25-18(10-13)21(29)20-16(12-19(27)28)15-7-6-14(24)11-17(15)26-20/h6-11,22,26,31H,12H2,1-5H3,(H,27,28). The number of hydrogen-bond donors (Lipinski definition) is 2. The van der Waals surface area contributed by atoms with Gasteiger partial charge in [-0.1, -0.05) is 38.4 Å². The van der Waals surface area contributed by atoms with Gasteiger partial charge in [-0.3, -0.25) is 14.6 Å². The molecular weight excluding hydrogens is 432 g/mol. The number of carbonyl (C=O) groups is 2. The van der Waals surface area contributed by atoms with Gasteiger partial charge < -0.3 is 14.5 Å². The van der Waals surface area contributed by atoms with Crippen LogP contribution in [-0.4, -0.2) is 35.9 Å². The number of carbonyl (C=O) groups excluding carboxylic acids is 1. The third-order valence-corrected chi connectivity index (χ3v) is 5.99. The second-order valence-corrected chi connectivity index (χ2v) is 11.8. The third kappa shape index (κ3) is 5.23. The smallest absolute Gasteiger partial charge is 0.307 e. The van der Waals surface area contributed by atoms with Crippen LogP contribution in [0.2, 0.25) is 18.1 Å². The van der Waals surface area contributed by atoms with Crippen molar-refractivity contribution in [1.29, 1.82) is 0 Å². The summed E-state index contributed by atoms with van der Waals surface area (Å²) < 4.78 is 6.28. The monoisotopic (exact) mass is 458 g/mol. The lowest BCUT2D eigenvalue weighted by Crippen LogP contribution is -2.26. The molecule has 2 aromatic heterocycles. The lowest BCUT2D eigenvalue weighted by molar-refractivity contribution is -0.136. The first-order chi connectivity index (χ1) is 14.5. The molecule has 0 saturated carbocycles. The van der Waals surface area contributed by atoms with Gasteiger partial charge in [0.15, 0.2) is 9.04 Å². The first-order valence-electron chi connectivity index (χ1n) is 10.2. The second-order valence-electron chi connectivity index (χ2n) is 8.97. The summed E-state index contributed by atoms with van der Waals surface area (Å²) in [6, 6.07) is 8.70. The van der Waals surface area contributed by atoms with Crippen LogP contribution in [0.15, 0.2) is 36.5 Å². The molecule has 0 fully saturated rings. The van der Waals surface area contributed by atoms with E-state index in [1.807, 2.05) is 6.07 Å². The van der Waals surface area contributed by atoms with Crippen LogP contribution in [0.25, 0.3) is 10.9 Å². The Morgan fingerprint density at radius 3 is 2.55 bits per heavy atom. The van der Waals surface area contributed by atoms with E-state index in [1.165, 1.54) is 0 Å². The molecule has 164 valence electrons. The Hall–Kier alpha value is -2.48. The highest BCUT2D eigenvalue weighted by molar-refractivity contribution is 6.48. The first-order valence-corrected chi connectivity index (χ1v) is 13.3. The maximum Gasteiger partial charge on any atom is 0.307 e. The normalized spacial score (nSPS) is 13.0. The Kier molecular flexibility index (Phi) is 6.69. The van der Waals surface area contributed by atoms with E-state index < -0.39 is 15.0 Å². The van der Waals surface area contributed by atoms with Gasteiger partial charge >= 0.3 is 5.97 Å². The molecule has 31 heavy (non-hydrogen) atoms. The number of pyridine rings is 1. The van der Waals surface area contributed by atoms with E-state index in [4.69, 9.17) is 16.0 Å². The van der Waals surface area contributed by atoms with Crippen LogP contribution >= 0.6 is 11.6 Å². The number of ketones is 1. The number of halogens is 1. The molecule has 0 amide bonds. The Morgan fingerprint density at radius 1 is 1.23 bits per heavy atom. The molecule has 0 aliphatic rings. The lowest BCUT2D eigenvalue weighted by atomic mass is 9.85. The van der Waals surface area contributed by atoms with E-state index in [-0.39, 0.29) is 35.1 Å². The zero-order valence-electron chi connectivity index (χ0n) is 18.3. The number of carboxylic acids is 1. The van der Waals surface area contributed by atoms with Crippen molar-refractivity contribution in [2.24, 2.45) is 5.41 Å². The highest BCUT2D eigenvalue weighted by Gasteiger charge is 2.29. The zero-order chi connectivity index (χ0) is 22.9. The number of aromatic amines is 1. The Balaban J connectivity index is 2.08. The van der Waals surface area contributed by atoms with Gasteiger partial charge in [0.1, 0.15) is 5.69 Å². The fourth-order valence-electron chi connectivity index (χ4n) is 3.67. The maximum atomic E-state index is 13.4. The Morgan fingerprint density at radius 2 is 1.94 bits per heavy atom. The first kappa shape index (κ1) is 23.2. The highest BCUT2D eigenvalue weighted by atomic mass is 35.5. The van der Waals surface area contributed by atoms with Gasteiger partial charge in [0.25, 0.3) is 0 Å². The van der Waals surface area contributed by atoms with E-state index >= 15 is 0 Å².